The molecule has 1 amide bonds. The maximum Gasteiger partial charge on any atom is 0.277 e. The number of nitrogens with zero attached hydrogens (tertiary/aromatic N) is 3. The van der Waals surface area contributed by atoms with E-state index < -0.39 is 17.5 Å². The Bertz CT molecular complexity index is 876. The van der Waals surface area contributed by atoms with Gasteiger partial charge in [-0.1, -0.05) is 6.07 Å². The molecule has 0 atom stereocenters. The van der Waals surface area contributed by atoms with Crippen molar-refractivity contribution in [1.82, 2.24) is 15.2 Å². The molecule has 2 heterocycles. The number of aromatic nitrogens is 3. The first-order valence-corrected chi connectivity index (χ1v) is 7.51. The number of nitrogens with one attached hydrogen (secondary N) is 1. The van der Waals surface area contributed by atoms with Gasteiger partial charge in [-0.3, -0.25) is 4.79 Å². The van der Waals surface area contributed by atoms with Gasteiger partial charge in [-0.2, -0.15) is 5.10 Å². The molecule has 126 valence electrons. The highest BCUT2D eigenvalue weighted by Crippen LogP contribution is 2.14. The number of halogens is 2. The van der Waals surface area contributed by atoms with Crippen molar-refractivity contribution in [2.75, 3.05) is 5.32 Å². The first-order chi connectivity index (χ1) is 12.0. The van der Waals surface area contributed by atoms with Gasteiger partial charge in [-0.05, 0) is 54.8 Å². The highest BCUT2D eigenvalue weighted by molar-refractivity contribution is 6.02. The fraction of sp³-hybridized carbons (Fsp3) is 0.111. The van der Waals surface area contributed by atoms with E-state index in [9.17, 15) is 13.6 Å². The smallest absolute Gasteiger partial charge is 0.277 e. The number of amides is 1. The molecule has 1 aromatic carbocycles. The standard InChI is InChI=1S/C18H14F2N4O/c1-11-2-4-16(24-23-11)18(25)22-17-5-3-12(10-21-17)6-13-7-14(19)9-15(20)8-13/h2-5,7-10H,6H2,1H3,(H,21,22,25). The van der Waals surface area contributed by atoms with Gasteiger partial charge in [-0.15, -0.1) is 5.10 Å². The Kier molecular flexibility index (Phi) is 4.74. The second-order valence-corrected chi connectivity index (χ2v) is 5.52. The van der Waals surface area contributed by atoms with E-state index >= 15 is 0 Å². The van der Waals surface area contributed by atoms with Crippen LogP contribution in [-0.2, 0) is 6.42 Å². The van der Waals surface area contributed by atoms with Crippen LogP contribution in [0.2, 0.25) is 0 Å². The minimum absolute atomic E-state index is 0.187. The Balaban J connectivity index is 1.67. The van der Waals surface area contributed by atoms with Crippen molar-refractivity contribution >= 4 is 11.7 Å². The number of hydrogen-bond acceptors (Lipinski definition) is 4. The van der Waals surface area contributed by atoms with Gasteiger partial charge in [0.15, 0.2) is 5.69 Å². The van der Waals surface area contributed by atoms with Crippen molar-refractivity contribution in [3.05, 3.63) is 82.8 Å². The summed E-state index contributed by atoms with van der Waals surface area (Å²) in [6.45, 7) is 1.78. The first-order valence-electron chi connectivity index (χ1n) is 7.51. The fourth-order valence-electron chi connectivity index (χ4n) is 2.25. The largest absolute Gasteiger partial charge is 0.305 e. The minimum Gasteiger partial charge on any atom is -0.305 e. The van der Waals surface area contributed by atoms with E-state index in [1.54, 1.807) is 37.4 Å². The molecule has 0 saturated heterocycles. The highest BCUT2D eigenvalue weighted by atomic mass is 19.1. The molecule has 3 aromatic rings. The molecule has 0 unspecified atom stereocenters. The second-order valence-electron chi connectivity index (χ2n) is 5.52. The monoisotopic (exact) mass is 340 g/mol. The minimum atomic E-state index is -0.619. The third kappa shape index (κ3) is 4.41. The highest BCUT2D eigenvalue weighted by Gasteiger charge is 2.09. The predicted octanol–water partition coefficient (Wildman–Crippen LogP) is 3.30. The number of anilines is 1. The lowest BCUT2D eigenvalue weighted by Crippen LogP contribution is -2.15. The molecule has 0 aliphatic heterocycles. The average Bonchev–Trinajstić information content (AvgIpc) is 2.56. The zero-order valence-electron chi connectivity index (χ0n) is 13.3. The summed E-state index contributed by atoms with van der Waals surface area (Å²) in [7, 11) is 0. The molecule has 1 N–H and O–H groups in total. The number of rotatable bonds is 4. The Morgan fingerprint density at radius 2 is 1.76 bits per heavy atom. The quantitative estimate of drug-likeness (QED) is 0.791. The zero-order chi connectivity index (χ0) is 17.8. The third-order valence-electron chi connectivity index (χ3n) is 3.43. The maximum atomic E-state index is 13.2. The summed E-state index contributed by atoms with van der Waals surface area (Å²) in [6.07, 6.45) is 1.87. The Morgan fingerprint density at radius 1 is 1.00 bits per heavy atom. The van der Waals surface area contributed by atoms with Crippen LogP contribution in [0.25, 0.3) is 0 Å². The molecule has 0 spiro atoms. The molecule has 7 heteroatoms. The first kappa shape index (κ1) is 16.6. The summed E-state index contributed by atoms with van der Waals surface area (Å²) in [4.78, 5) is 16.2. The third-order valence-corrected chi connectivity index (χ3v) is 3.43. The normalized spacial score (nSPS) is 10.5. The van der Waals surface area contributed by atoms with Crippen LogP contribution < -0.4 is 5.32 Å². The van der Waals surface area contributed by atoms with Crippen LogP contribution in [0.4, 0.5) is 14.6 Å². The molecular weight excluding hydrogens is 326 g/mol. The van der Waals surface area contributed by atoms with Gasteiger partial charge in [0.05, 0.1) is 5.69 Å². The number of hydrogen-bond donors (Lipinski definition) is 1. The number of pyridine rings is 1. The van der Waals surface area contributed by atoms with Crippen LogP contribution in [0.1, 0.15) is 27.3 Å². The Morgan fingerprint density at radius 3 is 2.36 bits per heavy atom. The maximum absolute atomic E-state index is 13.2. The number of benzene rings is 1. The number of aryl methyl sites for hydroxylation is 1. The van der Waals surface area contributed by atoms with Crippen LogP contribution in [-0.4, -0.2) is 21.1 Å². The van der Waals surface area contributed by atoms with Gasteiger partial charge >= 0.3 is 0 Å². The fourth-order valence-corrected chi connectivity index (χ4v) is 2.25. The van der Waals surface area contributed by atoms with E-state index in [2.05, 4.69) is 20.5 Å². The lowest BCUT2D eigenvalue weighted by atomic mass is 10.1. The van der Waals surface area contributed by atoms with Gasteiger partial charge in [-0.25, -0.2) is 13.8 Å². The Labute approximate surface area is 142 Å². The van der Waals surface area contributed by atoms with E-state index in [1.807, 2.05) is 0 Å². The zero-order valence-corrected chi connectivity index (χ0v) is 13.3. The van der Waals surface area contributed by atoms with Crippen molar-refractivity contribution in [3.63, 3.8) is 0 Å². The van der Waals surface area contributed by atoms with Gasteiger partial charge < -0.3 is 5.32 Å². The molecule has 0 bridgehead atoms. The molecule has 0 saturated carbocycles. The molecule has 3 rings (SSSR count). The van der Waals surface area contributed by atoms with Gasteiger partial charge in [0, 0.05) is 12.3 Å². The van der Waals surface area contributed by atoms with E-state index in [0.29, 0.717) is 23.5 Å². The summed E-state index contributed by atoms with van der Waals surface area (Å²) in [6, 6.07) is 9.98. The van der Waals surface area contributed by atoms with Crippen molar-refractivity contribution in [2.45, 2.75) is 13.3 Å². The lowest BCUT2D eigenvalue weighted by molar-refractivity contribution is 0.102. The van der Waals surface area contributed by atoms with E-state index in [-0.39, 0.29) is 5.69 Å². The topological polar surface area (TPSA) is 67.8 Å². The molecule has 0 aliphatic carbocycles. The summed E-state index contributed by atoms with van der Waals surface area (Å²) < 4.78 is 26.4. The summed E-state index contributed by atoms with van der Waals surface area (Å²) in [5.74, 6) is -1.31. The van der Waals surface area contributed by atoms with Crippen LogP contribution in [0, 0.1) is 18.6 Å². The SMILES string of the molecule is Cc1ccc(C(=O)Nc2ccc(Cc3cc(F)cc(F)c3)cn2)nn1. The molecule has 2 aromatic heterocycles. The van der Waals surface area contributed by atoms with Crippen LogP contribution in [0.15, 0.2) is 48.7 Å². The van der Waals surface area contributed by atoms with Crippen molar-refractivity contribution in [1.29, 1.82) is 0 Å². The molecule has 0 aliphatic rings. The van der Waals surface area contributed by atoms with Crippen molar-refractivity contribution in [3.8, 4) is 0 Å². The van der Waals surface area contributed by atoms with E-state index in [1.165, 1.54) is 12.1 Å². The van der Waals surface area contributed by atoms with Crippen molar-refractivity contribution < 1.29 is 13.6 Å². The second kappa shape index (κ2) is 7.12. The summed E-state index contributed by atoms with van der Waals surface area (Å²) in [5.41, 5.74) is 2.17. The Hall–Kier alpha value is -3.22. The molecular formula is C18H14F2N4O. The average molecular weight is 340 g/mol. The molecule has 5 nitrogen and oxygen atoms in total. The van der Waals surface area contributed by atoms with E-state index in [0.717, 1.165) is 11.6 Å². The van der Waals surface area contributed by atoms with E-state index in [4.69, 9.17) is 0 Å². The summed E-state index contributed by atoms with van der Waals surface area (Å²) in [5, 5.41) is 10.2. The predicted molar refractivity (Wildman–Crippen MR) is 88.1 cm³/mol. The number of carbonyl (C=O) groups is 1. The van der Waals surface area contributed by atoms with Crippen LogP contribution in [0.5, 0.6) is 0 Å². The molecule has 0 radical (unpaired) electrons. The lowest BCUT2D eigenvalue weighted by Gasteiger charge is -2.06. The molecule has 0 fully saturated rings. The van der Waals surface area contributed by atoms with Gasteiger partial charge in [0.1, 0.15) is 17.5 Å². The van der Waals surface area contributed by atoms with Gasteiger partial charge in [0.25, 0.3) is 5.91 Å². The van der Waals surface area contributed by atoms with Gasteiger partial charge in [0.2, 0.25) is 0 Å². The van der Waals surface area contributed by atoms with Crippen LogP contribution >= 0.6 is 0 Å². The summed E-state index contributed by atoms with van der Waals surface area (Å²) >= 11 is 0. The molecule has 25 heavy (non-hydrogen) atoms. The van der Waals surface area contributed by atoms with Crippen molar-refractivity contribution in [2.24, 2.45) is 0 Å². The van der Waals surface area contributed by atoms with Crippen LogP contribution in [0.3, 0.4) is 0 Å². The number of carbonyl (C=O) groups excluding carboxylic acids is 1.